The van der Waals surface area contributed by atoms with Gasteiger partial charge in [-0.3, -0.25) is 0 Å². The van der Waals surface area contributed by atoms with Gasteiger partial charge in [0.05, 0.1) is 4.90 Å². The molecule has 0 radical (unpaired) electrons. The van der Waals surface area contributed by atoms with Gasteiger partial charge in [-0.2, -0.15) is 23.5 Å². The lowest BCUT2D eigenvalue weighted by atomic mass is 10.2. The van der Waals surface area contributed by atoms with E-state index in [9.17, 15) is 8.42 Å². The Morgan fingerprint density at radius 1 is 1.33 bits per heavy atom. The fraction of sp³-hybridized carbons (Fsp3) is 0.571. The SMILES string of the molecule is CCNCc1cccc(S(=O)(=O)NCC2CSCCS2)c1. The third kappa shape index (κ3) is 5.49. The van der Waals surface area contributed by atoms with Crippen LogP contribution in [-0.2, 0) is 16.6 Å². The first-order chi connectivity index (χ1) is 10.1. The molecule has 1 aliphatic heterocycles. The van der Waals surface area contributed by atoms with Gasteiger partial charge in [-0.15, -0.1) is 0 Å². The number of thioether (sulfide) groups is 2. The van der Waals surface area contributed by atoms with Crippen LogP contribution in [0.5, 0.6) is 0 Å². The van der Waals surface area contributed by atoms with Crippen molar-refractivity contribution in [1.82, 2.24) is 10.0 Å². The molecule has 2 rings (SSSR count). The van der Waals surface area contributed by atoms with Gasteiger partial charge >= 0.3 is 0 Å². The molecule has 0 aromatic heterocycles. The summed E-state index contributed by atoms with van der Waals surface area (Å²) in [5.41, 5.74) is 0.988. The van der Waals surface area contributed by atoms with E-state index in [0.717, 1.165) is 23.6 Å². The van der Waals surface area contributed by atoms with Gasteiger partial charge in [-0.05, 0) is 24.2 Å². The molecule has 1 aromatic rings. The molecule has 1 fully saturated rings. The van der Waals surface area contributed by atoms with Crippen molar-refractivity contribution in [3.63, 3.8) is 0 Å². The van der Waals surface area contributed by atoms with Crippen molar-refractivity contribution in [3.05, 3.63) is 29.8 Å². The molecule has 1 heterocycles. The molecule has 2 N–H and O–H groups in total. The van der Waals surface area contributed by atoms with Crippen molar-refractivity contribution >= 4 is 33.5 Å². The predicted molar refractivity (Wildman–Crippen MR) is 92.6 cm³/mol. The topological polar surface area (TPSA) is 58.2 Å². The zero-order valence-electron chi connectivity index (χ0n) is 12.2. The van der Waals surface area contributed by atoms with E-state index in [-0.39, 0.29) is 0 Å². The molecule has 0 aliphatic carbocycles. The van der Waals surface area contributed by atoms with Crippen molar-refractivity contribution in [3.8, 4) is 0 Å². The lowest BCUT2D eigenvalue weighted by molar-refractivity contribution is 0.581. The number of hydrogen-bond acceptors (Lipinski definition) is 5. The van der Waals surface area contributed by atoms with Crippen LogP contribution < -0.4 is 10.0 Å². The molecule has 1 saturated heterocycles. The van der Waals surface area contributed by atoms with E-state index in [1.165, 1.54) is 5.75 Å². The molecule has 4 nitrogen and oxygen atoms in total. The summed E-state index contributed by atoms with van der Waals surface area (Å²) < 4.78 is 27.5. The highest BCUT2D eigenvalue weighted by Gasteiger charge is 2.19. The van der Waals surface area contributed by atoms with E-state index in [2.05, 4.69) is 10.0 Å². The fourth-order valence-electron chi connectivity index (χ4n) is 2.03. The van der Waals surface area contributed by atoms with Gasteiger partial charge in [0.1, 0.15) is 0 Å². The van der Waals surface area contributed by atoms with Crippen molar-refractivity contribution < 1.29 is 8.42 Å². The maximum absolute atomic E-state index is 12.4. The van der Waals surface area contributed by atoms with Crippen molar-refractivity contribution in [2.45, 2.75) is 23.6 Å². The molecule has 1 atom stereocenters. The number of sulfonamides is 1. The Balaban J connectivity index is 1.97. The van der Waals surface area contributed by atoms with Crippen LogP contribution in [0.15, 0.2) is 29.2 Å². The van der Waals surface area contributed by atoms with Crippen LogP contribution in [0.2, 0.25) is 0 Å². The fourth-order valence-corrected chi connectivity index (χ4v) is 5.90. The van der Waals surface area contributed by atoms with Gasteiger partial charge in [0, 0.05) is 35.6 Å². The highest BCUT2D eigenvalue weighted by Crippen LogP contribution is 2.23. The molecular weight excluding hydrogens is 324 g/mol. The van der Waals surface area contributed by atoms with Gasteiger partial charge in [0.2, 0.25) is 10.0 Å². The van der Waals surface area contributed by atoms with Gasteiger partial charge in [-0.25, -0.2) is 13.1 Å². The van der Waals surface area contributed by atoms with E-state index in [0.29, 0.717) is 23.2 Å². The maximum Gasteiger partial charge on any atom is 0.240 e. The average molecular weight is 347 g/mol. The Morgan fingerprint density at radius 2 is 2.19 bits per heavy atom. The Labute approximate surface area is 135 Å². The third-order valence-corrected chi connectivity index (χ3v) is 7.44. The minimum absolute atomic E-state index is 0.353. The quantitative estimate of drug-likeness (QED) is 0.790. The summed E-state index contributed by atoms with van der Waals surface area (Å²) in [6.07, 6.45) is 0. The Morgan fingerprint density at radius 3 is 2.90 bits per heavy atom. The van der Waals surface area contributed by atoms with E-state index in [1.807, 2.05) is 36.5 Å². The molecular formula is C14H22N2O2S3. The Bertz CT molecular complexity index is 543. The van der Waals surface area contributed by atoms with Crippen molar-refractivity contribution in [2.75, 3.05) is 30.3 Å². The molecule has 1 aromatic carbocycles. The first-order valence-corrected chi connectivity index (χ1v) is 10.8. The first kappa shape index (κ1) is 17.1. The summed E-state index contributed by atoms with van der Waals surface area (Å²) in [5, 5.41) is 3.58. The maximum atomic E-state index is 12.4. The van der Waals surface area contributed by atoms with E-state index in [1.54, 1.807) is 18.2 Å². The van der Waals surface area contributed by atoms with Crippen LogP contribution >= 0.6 is 23.5 Å². The van der Waals surface area contributed by atoms with E-state index in [4.69, 9.17) is 0 Å². The summed E-state index contributed by atoms with van der Waals surface area (Å²) in [6.45, 7) is 4.10. The summed E-state index contributed by atoms with van der Waals surface area (Å²) in [7, 11) is -3.41. The molecule has 0 bridgehead atoms. The minimum atomic E-state index is -3.41. The minimum Gasteiger partial charge on any atom is -0.313 e. The summed E-state index contributed by atoms with van der Waals surface area (Å²) in [6, 6.07) is 7.13. The molecule has 1 aliphatic rings. The monoisotopic (exact) mass is 346 g/mol. The standard InChI is InChI=1S/C14H22N2O2S3/c1-2-15-9-12-4-3-5-14(8-12)21(17,18)16-10-13-11-19-6-7-20-13/h3-5,8,13,15-16H,2,6-7,9-11H2,1H3. The average Bonchev–Trinajstić information content (AvgIpc) is 2.52. The summed E-state index contributed by atoms with van der Waals surface area (Å²) >= 11 is 3.75. The molecule has 0 saturated carbocycles. The van der Waals surface area contributed by atoms with Crippen LogP contribution in [0.25, 0.3) is 0 Å². The lowest BCUT2D eigenvalue weighted by Crippen LogP contribution is -2.33. The van der Waals surface area contributed by atoms with Gasteiger partial charge in [0.25, 0.3) is 0 Å². The van der Waals surface area contributed by atoms with Gasteiger partial charge in [-0.1, -0.05) is 19.1 Å². The number of benzene rings is 1. The molecule has 21 heavy (non-hydrogen) atoms. The normalized spacial score (nSPS) is 19.6. The van der Waals surface area contributed by atoms with E-state index >= 15 is 0 Å². The van der Waals surface area contributed by atoms with Crippen molar-refractivity contribution in [2.24, 2.45) is 0 Å². The molecule has 7 heteroatoms. The highest BCUT2D eigenvalue weighted by molar-refractivity contribution is 8.06. The third-order valence-electron chi connectivity index (χ3n) is 3.17. The van der Waals surface area contributed by atoms with Crippen molar-refractivity contribution in [1.29, 1.82) is 0 Å². The smallest absolute Gasteiger partial charge is 0.240 e. The summed E-state index contributed by atoms with van der Waals surface area (Å²) in [5.74, 6) is 3.29. The van der Waals surface area contributed by atoms with Crippen LogP contribution in [0, 0.1) is 0 Å². The predicted octanol–water partition coefficient (Wildman–Crippen LogP) is 1.92. The number of hydrogen-bond donors (Lipinski definition) is 2. The number of rotatable bonds is 7. The zero-order valence-corrected chi connectivity index (χ0v) is 14.6. The van der Waals surface area contributed by atoms with E-state index < -0.39 is 10.0 Å². The van der Waals surface area contributed by atoms with Gasteiger partial charge in [0.15, 0.2) is 0 Å². The lowest BCUT2D eigenvalue weighted by Gasteiger charge is -2.21. The van der Waals surface area contributed by atoms with Crippen LogP contribution in [0.4, 0.5) is 0 Å². The Hall–Kier alpha value is -0.210. The van der Waals surface area contributed by atoms with Gasteiger partial charge < -0.3 is 5.32 Å². The molecule has 118 valence electrons. The van der Waals surface area contributed by atoms with Crippen LogP contribution in [-0.4, -0.2) is 44.0 Å². The molecule has 0 spiro atoms. The van der Waals surface area contributed by atoms with Crippen LogP contribution in [0.1, 0.15) is 12.5 Å². The second-order valence-corrected chi connectivity index (χ2v) is 9.17. The highest BCUT2D eigenvalue weighted by atomic mass is 32.2. The van der Waals surface area contributed by atoms with Crippen LogP contribution in [0.3, 0.4) is 0 Å². The molecule has 1 unspecified atom stereocenters. The second kappa shape index (κ2) is 8.43. The zero-order chi connectivity index (χ0) is 15.1. The first-order valence-electron chi connectivity index (χ1n) is 7.10. The largest absolute Gasteiger partial charge is 0.313 e. The second-order valence-electron chi connectivity index (χ2n) is 4.85. The molecule has 0 amide bonds. The number of nitrogens with one attached hydrogen (secondary N) is 2. The Kier molecular flexibility index (Phi) is 6.88. The summed E-state index contributed by atoms with van der Waals surface area (Å²) in [4.78, 5) is 0.353.